The number of amides is 1. The van der Waals surface area contributed by atoms with Crippen molar-refractivity contribution < 1.29 is 9.53 Å². The molecule has 0 bridgehead atoms. The highest BCUT2D eigenvalue weighted by atomic mass is 16.5. The summed E-state index contributed by atoms with van der Waals surface area (Å²) in [7, 11) is 0. The zero-order chi connectivity index (χ0) is 16.3. The van der Waals surface area contributed by atoms with Crippen molar-refractivity contribution in [2.24, 2.45) is 11.7 Å². The van der Waals surface area contributed by atoms with Gasteiger partial charge in [-0.05, 0) is 42.9 Å². The van der Waals surface area contributed by atoms with Crippen molar-refractivity contribution >= 4 is 11.6 Å². The Balaban J connectivity index is 2.35. The van der Waals surface area contributed by atoms with Gasteiger partial charge in [-0.25, -0.2) is 0 Å². The van der Waals surface area contributed by atoms with Gasteiger partial charge in [0.2, 0.25) is 0 Å². The third-order valence-corrected chi connectivity index (χ3v) is 4.06. The Kier molecular flexibility index (Phi) is 5.46. The number of rotatable bonds is 6. The lowest BCUT2D eigenvalue weighted by molar-refractivity contribution is -0.126. The molecule has 1 aromatic rings. The summed E-state index contributed by atoms with van der Waals surface area (Å²) in [4.78, 5) is 14.4. The zero-order valence-electron chi connectivity index (χ0n) is 14.1. The number of fused-ring (bicyclic) bond motifs is 1. The Hall–Kier alpha value is -1.55. The normalized spacial score (nSPS) is 19.1. The molecule has 2 rings (SSSR count). The molecule has 2 N–H and O–H groups in total. The maximum absolute atomic E-state index is 12.5. The summed E-state index contributed by atoms with van der Waals surface area (Å²) in [5.41, 5.74) is 8.23. The van der Waals surface area contributed by atoms with Crippen molar-refractivity contribution in [1.82, 2.24) is 0 Å². The minimum Gasteiger partial charge on any atom is -0.478 e. The summed E-state index contributed by atoms with van der Waals surface area (Å²) in [5, 5.41) is 0. The fourth-order valence-electron chi connectivity index (χ4n) is 2.93. The van der Waals surface area contributed by atoms with Crippen molar-refractivity contribution in [3.05, 3.63) is 23.8 Å². The predicted octanol–water partition coefficient (Wildman–Crippen LogP) is 3.65. The Labute approximate surface area is 133 Å². The third-order valence-electron chi connectivity index (χ3n) is 4.06. The van der Waals surface area contributed by atoms with Crippen LogP contribution in [-0.4, -0.2) is 18.6 Å². The smallest absolute Gasteiger partial charge is 0.268 e. The third kappa shape index (κ3) is 3.43. The van der Waals surface area contributed by atoms with Crippen molar-refractivity contribution in [2.45, 2.75) is 59.1 Å². The van der Waals surface area contributed by atoms with E-state index in [0.717, 1.165) is 29.8 Å². The second-order valence-electron chi connectivity index (χ2n) is 6.47. The van der Waals surface area contributed by atoms with E-state index in [0.29, 0.717) is 18.9 Å². The topological polar surface area (TPSA) is 55.6 Å². The zero-order valence-corrected chi connectivity index (χ0v) is 14.1. The molecule has 0 spiro atoms. The highest BCUT2D eigenvalue weighted by Gasteiger charge is 2.33. The maximum atomic E-state index is 12.5. The summed E-state index contributed by atoms with van der Waals surface area (Å²) < 4.78 is 5.85. The van der Waals surface area contributed by atoms with Crippen LogP contribution in [0.3, 0.4) is 0 Å². The van der Waals surface area contributed by atoms with Crippen LogP contribution in [0.5, 0.6) is 5.75 Å². The van der Waals surface area contributed by atoms with E-state index in [2.05, 4.69) is 20.8 Å². The lowest BCUT2D eigenvalue weighted by Crippen LogP contribution is -2.46. The highest BCUT2D eigenvalue weighted by molar-refractivity contribution is 6.00. The van der Waals surface area contributed by atoms with Crippen LogP contribution in [0.1, 0.15) is 58.6 Å². The molecule has 22 heavy (non-hydrogen) atoms. The molecule has 2 unspecified atom stereocenters. The number of nitrogens with two attached hydrogens (primary N) is 1. The van der Waals surface area contributed by atoms with Gasteiger partial charge in [0.1, 0.15) is 5.75 Å². The fraction of sp³-hybridized carbons (Fsp3) is 0.611. The van der Waals surface area contributed by atoms with Crippen molar-refractivity contribution in [3.8, 4) is 5.75 Å². The van der Waals surface area contributed by atoms with E-state index in [1.165, 1.54) is 0 Å². The number of carbonyl (C=O) groups is 1. The van der Waals surface area contributed by atoms with Crippen LogP contribution >= 0.6 is 0 Å². The Morgan fingerprint density at radius 2 is 2.05 bits per heavy atom. The van der Waals surface area contributed by atoms with Crippen LogP contribution in [-0.2, 0) is 4.79 Å². The van der Waals surface area contributed by atoms with Gasteiger partial charge in [-0.15, -0.1) is 0 Å². The van der Waals surface area contributed by atoms with E-state index in [9.17, 15) is 4.79 Å². The molecule has 4 nitrogen and oxygen atoms in total. The minimum atomic E-state index is -0.366. The van der Waals surface area contributed by atoms with Gasteiger partial charge in [0.25, 0.3) is 5.91 Å². The molecule has 2 atom stereocenters. The first-order valence-electron chi connectivity index (χ1n) is 8.35. The number of benzene rings is 1. The van der Waals surface area contributed by atoms with Gasteiger partial charge < -0.3 is 15.4 Å². The molecule has 1 aliphatic rings. The average Bonchev–Trinajstić information content (AvgIpc) is 2.48. The first-order valence-corrected chi connectivity index (χ1v) is 8.35. The molecule has 0 fully saturated rings. The lowest BCUT2D eigenvalue weighted by atomic mass is 9.96. The van der Waals surface area contributed by atoms with E-state index in [-0.39, 0.29) is 18.1 Å². The quantitative estimate of drug-likeness (QED) is 0.873. The standard InChI is InChI=1S/C18H28N2O2/c1-5-9-20-15-11-13(14(19)10-12(3)4)7-8-17(15)22-16(6-2)18(20)21/h7-8,11-12,14,16H,5-6,9-10,19H2,1-4H3. The largest absolute Gasteiger partial charge is 0.478 e. The summed E-state index contributed by atoms with van der Waals surface area (Å²) in [5.74, 6) is 1.40. The lowest BCUT2D eigenvalue weighted by Gasteiger charge is -2.34. The molecule has 4 heteroatoms. The minimum absolute atomic E-state index is 0.00669. The SMILES string of the molecule is CCCN1C(=O)C(CC)Oc2ccc(C(N)CC(C)C)cc21. The van der Waals surface area contributed by atoms with Crippen LogP contribution in [0.25, 0.3) is 0 Å². The molecular formula is C18H28N2O2. The summed E-state index contributed by atoms with van der Waals surface area (Å²) in [6.07, 6.45) is 2.17. The van der Waals surface area contributed by atoms with E-state index < -0.39 is 0 Å². The van der Waals surface area contributed by atoms with E-state index >= 15 is 0 Å². The summed E-state index contributed by atoms with van der Waals surface area (Å²) in [6, 6.07) is 6.01. The van der Waals surface area contributed by atoms with Gasteiger partial charge in [0.15, 0.2) is 6.10 Å². The van der Waals surface area contributed by atoms with Gasteiger partial charge in [0, 0.05) is 12.6 Å². The van der Waals surface area contributed by atoms with E-state index in [4.69, 9.17) is 10.5 Å². The summed E-state index contributed by atoms with van der Waals surface area (Å²) in [6.45, 7) is 9.11. The Bertz CT molecular complexity index is 528. The molecule has 0 aromatic heterocycles. The number of hydrogen-bond donors (Lipinski definition) is 1. The fourth-order valence-corrected chi connectivity index (χ4v) is 2.93. The molecule has 0 saturated carbocycles. The Morgan fingerprint density at radius 3 is 2.64 bits per heavy atom. The summed E-state index contributed by atoms with van der Waals surface area (Å²) >= 11 is 0. The highest BCUT2D eigenvalue weighted by Crippen LogP contribution is 2.37. The first kappa shape index (κ1) is 16.8. The van der Waals surface area contributed by atoms with Gasteiger partial charge in [-0.2, -0.15) is 0 Å². The molecule has 1 amide bonds. The van der Waals surface area contributed by atoms with Crippen molar-refractivity contribution in [2.75, 3.05) is 11.4 Å². The molecule has 1 heterocycles. The first-order chi connectivity index (χ1) is 10.5. The van der Waals surface area contributed by atoms with Crippen molar-refractivity contribution in [1.29, 1.82) is 0 Å². The molecule has 0 radical (unpaired) electrons. The number of nitrogens with zero attached hydrogens (tertiary/aromatic N) is 1. The van der Waals surface area contributed by atoms with Gasteiger partial charge >= 0.3 is 0 Å². The molecule has 0 aliphatic carbocycles. The molecule has 122 valence electrons. The maximum Gasteiger partial charge on any atom is 0.268 e. The van der Waals surface area contributed by atoms with Crippen LogP contribution in [0.2, 0.25) is 0 Å². The second kappa shape index (κ2) is 7.14. The number of ether oxygens (including phenoxy) is 1. The monoisotopic (exact) mass is 304 g/mol. The van der Waals surface area contributed by atoms with E-state index in [1.54, 1.807) is 0 Å². The molecule has 1 aromatic carbocycles. The van der Waals surface area contributed by atoms with Crippen LogP contribution in [0.4, 0.5) is 5.69 Å². The van der Waals surface area contributed by atoms with Crippen LogP contribution in [0, 0.1) is 5.92 Å². The number of hydrogen-bond acceptors (Lipinski definition) is 3. The average molecular weight is 304 g/mol. The van der Waals surface area contributed by atoms with E-state index in [1.807, 2.05) is 30.0 Å². The number of carbonyl (C=O) groups excluding carboxylic acids is 1. The second-order valence-corrected chi connectivity index (χ2v) is 6.47. The van der Waals surface area contributed by atoms with Gasteiger partial charge in [-0.1, -0.05) is 33.8 Å². The van der Waals surface area contributed by atoms with Gasteiger partial charge in [0.05, 0.1) is 5.69 Å². The van der Waals surface area contributed by atoms with Crippen LogP contribution < -0.4 is 15.4 Å². The van der Waals surface area contributed by atoms with Gasteiger partial charge in [-0.3, -0.25) is 4.79 Å². The molecular weight excluding hydrogens is 276 g/mol. The van der Waals surface area contributed by atoms with Crippen LogP contribution in [0.15, 0.2) is 18.2 Å². The van der Waals surface area contributed by atoms with Crippen molar-refractivity contribution in [3.63, 3.8) is 0 Å². The molecule has 1 aliphatic heterocycles. The predicted molar refractivity (Wildman–Crippen MR) is 90.2 cm³/mol. The number of anilines is 1. The Morgan fingerprint density at radius 1 is 1.32 bits per heavy atom. The molecule has 0 saturated heterocycles.